The second kappa shape index (κ2) is 9.31. The largest absolute Gasteiger partial charge is 0.493 e. The van der Waals surface area contributed by atoms with Crippen molar-refractivity contribution >= 4 is 23.2 Å². The van der Waals surface area contributed by atoms with Crippen LogP contribution in [0, 0.1) is 0 Å². The topological polar surface area (TPSA) is 48.0 Å². The van der Waals surface area contributed by atoms with Gasteiger partial charge in [-0.3, -0.25) is 4.79 Å². The molecule has 0 saturated carbocycles. The fourth-order valence-corrected chi connectivity index (χ4v) is 3.62. The van der Waals surface area contributed by atoms with Crippen molar-refractivity contribution in [3.05, 3.63) is 46.5 Å². The van der Waals surface area contributed by atoms with Gasteiger partial charge in [0.25, 0.3) is 5.91 Å². The molecule has 0 aromatic heterocycles. The summed E-state index contributed by atoms with van der Waals surface area (Å²) in [4.78, 5) is 14.7. The van der Waals surface area contributed by atoms with Crippen molar-refractivity contribution in [2.75, 3.05) is 25.2 Å². The quantitative estimate of drug-likeness (QED) is 0.601. The molecule has 3 rings (SSSR count). The molecule has 29 heavy (non-hydrogen) atoms. The van der Waals surface area contributed by atoms with Crippen molar-refractivity contribution in [3.8, 4) is 17.2 Å². The number of para-hydroxylation sites is 1. The molecular formula is C21H22ClF2NO4. The summed E-state index contributed by atoms with van der Waals surface area (Å²) in [6, 6.07) is 7.94. The third kappa shape index (κ3) is 4.56. The van der Waals surface area contributed by atoms with Crippen molar-refractivity contribution < 1.29 is 27.8 Å². The Morgan fingerprint density at radius 2 is 2.07 bits per heavy atom. The number of benzene rings is 2. The zero-order chi connectivity index (χ0) is 21.0. The summed E-state index contributed by atoms with van der Waals surface area (Å²) in [7, 11) is 1.46. The number of nitrogens with zero attached hydrogens (tertiary/aromatic N) is 1. The van der Waals surface area contributed by atoms with E-state index in [0.29, 0.717) is 43.2 Å². The Labute approximate surface area is 173 Å². The van der Waals surface area contributed by atoms with Crippen molar-refractivity contribution in [3.63, 3.8) is 0 Å². The summed E-state index contributed by atoms with van der Waals surface area (Å²) in [5, 5.41) is 0.246. The van der Waals surface area contributed by atoms with Gasteiger partial charge < -0.3 is 19.1 Å². The Morgan fingerprint density at radius 1 is 1.28 bits per heavy atom. The first kappa shape index (κ1) is 21.2. The van der Waals surface area contributed by atoms with Crippen LogP contribution >= 0.6 is 11.6 Å². The zero-order valence-electron chi connectivity index (χ0n) is 16.2. The SMILES string of the molecule is CCCOc1c(Cl)cc(C(=O)N2CCCc3cccc(OC(F)F)c32)cc1OC. The van der Waals surface area contributed by atoms with Gasteiger partial charge in [0.2, 0.25) is 0 Å². The summed E-state index contributed by atoms with van der Waals surface area (Å²) in [6.07, 6.45) is 2.17. The van der Waals surface area contributed by atoms with E-state index in [2.05, 4.69) is 4.74 Å². The monoisotopic (exact) mass is 425 g/mol. The molecular weight excluding hydrogens is 404 g/mol. The van der Waals surface area contributed by atoms with Crippen LogP contribution in [0.2, 0.25) is 5.02 Å². The first-order valence-electron chi connectivity index (χ1n) is 9.35. The molecule has 156 valence electrons. The van der Waals surface area contributed by atoms with Crippen LogP contribution in [-0.4, -0.2) is 32.8 Å². The molecule has 1 aliphatic rings. The summed E-state index contributed by atoms with van der Waals surface area (Å²) < 4.78 is 41.4. The molecule has 0 atom stereocenters. The molecule has 0 radical (unpaired) electrons. The highest BCUT2D eigenvalue weighted by molar-refractivity contribution is 6.33. The Balaban J connectivity index is 1.99. The Hall–Kier alpha value is -2.54. The third-order valence-electron chi connectivity index (χ3n) is 4.57. The number of carbonyl (C=O) groups excluding carboxylic acids is 1. The van der Waals surface area contributed by atoms with E-state index in [4.69, 9.17) is 21.1 Å². The maximum absolute atomic E-state index is 13.3. The fourth-order valence-electron chi connectivity index (χ4n) is 3.35. The van der Waals surface area contributed by atoms with Gasteiger partial charge in [0.15, 0.2) is 11.5 Å². The van der Waals surface area contributed by atoms with Gasteiger partial charge in [-0.2, -0.15) is 8.78 Å². The molecule has 5 nitrogen and oxygen atoms in total. The average molecular weight is 426 g/mol. The van der Waals surface area contributed by atoms with Crippen LogP contribution in [0.1, 0.15) is 35.7 Å². The molecule has 0 saturated heterocycles. The van der Waals surface area contributed by atoms with E-state index in [-0.39, 0.29) is 22.2 Å². The maximum Gasteiger partial charge on any atom is 0.387 e. The number of fused-ring (bicyclic) bond motifs is 1. The van der Waals surface area contributed by atoms with E-state index in [1.54, 1.807) is 12.1 Å². The zero-order valence-corrected chi connectivity index (χ0v) is 17.0. The highest BCUT2D eigenvalue weighted by Crippen LogP contribution is 2.40. The molecule has 1 amide bonds. The van der Waals surface area contributed by atoms with E-state index in [0.717, 1.165) is 12.0 Å². The Kier molecular flexibility index (Phi) is 6.79. The first-order valence-corrected chi connectivity index (χ1v) is 9.73. The number of methoxy groups -OCH3 is 1. The lowest BCUT2D eigenvalue weighted by atomic mass is 10.00. The van der Waals surface area contributed by atoms with Crippen molar-refractivity contribution in [2.45, 2.75) is 32.8 Å². The van der Waals surface area contributed by atoms with Crippen LogP contribution < -0.4 is 19.1 Å². The van der Waals surface area contributed by atoms with Gasteiger partial charge in [-0.15, -0.1) is 0 Å². The van der Waals surface area contributed by atoms with E-state index in [1.807, 2.05) is 13.0 Å². The number of rotatable bonds is 7. The Bertz CT molecular complexity index is 891. The fraction of sp³-hybridized carbons (Fsp3) is 0.381. The number of amides is 1. The van der Waals surface area contributed by atoms with Crippen molar-refractivity contribution in [2.24, 2.45) is 0 Å². The Morgan fingerprint density at radius 3 is 2.76 bits per heavy atom. The van der Waals surface area contributed by atoms with Crippen molar-refractivity contribution in [1.29, 1.82) is 0 Å². The van der Waals surface area contributed by atoms with E-state index < -0.39 is 6.61 Å². The highest BCUT2D eigenvalue weighted by Gasteiger charge is 2.29. The number of hydrogen-bond donors (Lipinski definition) is 0. The number of hydrogen-bond acceptors (Lipinski definition) is 4. The molecule has 0 bridgehead atoms. The van der Waals surface area contributed by atoms with Crippen LogP contribution in [0.25, 0.3) is 0 Å². The van der Waals surface area contributed by atoms with Crippen LogP contribution in [-0.2, 0) is 6.42 Å². The van der Waals surface area contributed by atoms with Crippen molar-refractivity contribution in [1.82, 2.24) is 0 Å². The molecule has 0 fully saturated rings. The van der Waals surface area contributed by atoms with E-state index >= 15 is 0 Å². The van der Waals surface area contributed by atoms with Gasteiger partial charge in [0.1, 0.15) is 5.75 Å². The lowest BCUT2D eigenvalue weighted by Crippen LogP contribution is -2.36. The molecule has 0 unspecified atom stereocenters. The number of alkyl halides is 2. The molecule has 8 heteroatoms. The highest BCUT2D eigenvalue weighted by atomic mass is 35.5. The van der Waals surface area contributed by atoms with Gasteiger partial charge in [-0.25, -0.2) is 0 Å². The van der Waals surface area contributed by atoms with Gasteiger partial charge in [-0.05, 0) is 43.0 Å². The van der Waals surface area contributed by atoms with Crippen LogP contribution in [0.3, 0.4) is 0 Å². The molecule has 0 aliphatic carbocycles. The van der Waals surface area contributed by atoms with Crippen LogP contribution in [0.5, 0.6) is 17.2 Å². The second-order valence-electron chi connectivity index (χ2n) is 6.54. The molecule has 2 aromatic carbocycles. The number of halogens is 3. The van der Waals surface area contributed by atoms with Gasteiger partial charge in [-0.1, -0.05) is 30.7 Å². The third-order valence-corrected chi connectivity index (χ3v) is 4.85. The molecule has 2 aromatic rings. The molecule has 0 N–H and O–H groups in total. The number of anilines is 1. The summed E-state index contributed by atoms with van der Waals surface area (Å²) in [6.45, 7) is -0.184. The predicted molar refractivity (Wildman–Crippen MR) is 107 cm³/mol. The minimum absolute atomic E-state index is 0.0217. The molecule has 1 heterocycles. The van der Waals surface area contributed by atoms with Gasteiger partial charge in [0.05, 0.1) is 24.4 Å². The first-order chi connectivity index (χ1) is 14.0. The predicted octanol–water partition coefficient (Wildman–Crippen LogP) is 5.33. The molecule has 1 aliphatic heterocycles. The summed E-state index contributed by atoms with van der Waals surface area (Å²) in [5.74, 6) is 0.307. The minimum Gasteiger partial charge on any atom is -0.493 e. The number of carbonyl (C=O) groups is 1. The van der Waals surface area contributed by atoms with Crippen LogP contribution in [0.4, 0.5) is 14.5 Å². The normalized spacial score (nSPS) is 13.2. The lowest BCUT2D eigenvalue weighted by Gasteiger charge is -2.31. The maximum atomic E-state index is 13.3. The average Bonchev–Trinajstić information content (AvgIpc) is 2.71. The lowest BCUT2D eigenvalue weighted by molar-refractivity contribution is -0.0495. The molecule has 0 spiro atoms. The van der Waals surface area contributed by atoms with Crippen LogP contribution in [0.15, 0.2) is 30.3 Å². The minimum atomic E-state index is -2.98. The second-order valence-corrected chi connectivity index (χ2v) is 6.95. The number of ether oxygens (including phenoxy) is 3. The van der Waals surface area contributed by atoms with Gasteiger partial charge in [0, 0.05) is 12.1 Å². The summed E-state index contributed by atoms with van der Waals surface area (Å²) in [5.41, 5.74) is 1.42. The number of aryl methyl sites for hydroxylation is 1. The van der Waals surface area contributed by atoms with Gasteiger partial charge >= 0.3 is 6.61 Å². The van der Waals surface area contributed by atoms with E-state index in [1.165, 1.54) is 24.1 Å². The smallest absolute Gasteiger partial charge is 0.387 e. The van der Waals surface area contributed by atoms with E-state index in [9.17, 15) is 13.6 Å². The summed E-state index contributed by atoms with van der Waals surface area (Å²) >= 11 is 6.33. The standard InChI is InChI=1S/C21H22ClF2NO4/c1-3-10-28-19-15(22)11-14(12-17(19)27-2)20(26)25-9-5-7-13-6-4-8-16(18(13)25)29-21(23)24/h4,6,8,11-12,21H,3,5,7,9-10H2,1-2H3.